The number of furan rings is 1. The van der Waals surface area contributed by atoms with Crippen molar-refractivity contribution in [2.75, 3.05) is 19.5 Å². The maximum absolute atomic E-state index is 12.6. The lowest BCUT2D eigenvalue weighted by Crippen LogP contribution is -2.15. The number of hydrogen-bond acceptors (Lipinski definition) is 4. The van der Waals surface area contributed by atoms with E-state index in [1.54, 1.807) is 26.5 Å². The Morgan fingerprint density at radius 3 is 2.42 bits per heavy atom. The average molecular weight is 353 g/mol. The molecule has 0 fully saturated rings. The Morgan fingerprint density at radius 2 is 1.73 bits per heavy atom. The van der Waals surface area contributed by atoms with Crippen LogP contribution in [0.4, 0.5) is 5.69 Å². The molecule has 136 valence electrons. The Kier molecular flexibility index (Phi) is 4.89. The minimum Gasteiger partial charge on any atom is -0.493 e. The molecule has 5 nitrogen and oxygen atoms in total. The topological polar surface area (TPSA) is 60.7 Å². The molecule has 0 spiro atoms. The van der Waals surface area contributed by atoms with Gasteiger partial charge in [-0.2, -0.15) is 0 Å². The first-order valence-electron chi connectivity index (χ1n) is 8.43. The summed E-state index contributed by atoms with van der Waals surface area (Å²) in [5, 5.41) is 3.93. The van der Waals surface area contributed by atoms with Gasteiger partial charge >= 0.3 is 0 Å². The third kappa shape index (κ3) is 3.25. The van der Waals surface area contributed by atoms with Gasteiger partial charge in [-0.1, -0.05) is 12.1 Å². The highest BCUT2D eigenvalue weighted by atomic mass is 16.5. The summed E-state index contributed by atoms with van der Waals surface area (Å²) in [4.78, 5) is 12.6. The highest BCUT2D eigenvalue weighted by molar-refractivity contribution is 5.96. The largest absolute Gasteiger partial charge is 0.493 e. The molecule has 1 amide bonds. The zero-order valence-corrected chi connectivity index (χ0v) is 15.7. The van der Waals surface area contributed by atoms with Crippen LogP contribution in [0.3, 0.4) is 0 Å². The van der Waals surface area contributed by atoms with Crippen molar-refractivity contribution in [3.8, 4) is 11.5 Å². The van der Waals surface area contributed by atoms with E-state index in [0.29, 0.717) is 17.2 Å². The smallest absolute Gasteiger partial charge is 0.228 e. The van der Waals surface area contributed by atoms with E-state index in [9.17, 15) is 4.79 Å². The van der Waals surface area contributed by atoms with Crippen LogP contribution in [0.1, 0.15) is 22.3 Å². The van der Waals surface area contributed by atoms with Crippen LogP contribution >= 0.6 is 0 Å². The van der Waals surface area contributed by atoms with Crippen molar-refractivity contribution < 1.29 is 18.7 Å². The van der Waals surface area contributed by atoms with Crippen molar-refractivity contribution >= 4 is 22.6 Å². The van der Waals surface area contributed by atoms with Crippen LogP contribution in [0.5, 0.6) is 11.5 Å². The van der Waals surface area contributed by atoms with Gasteiger partial charge in [0, 0.05) is 22.7 Å². The molecule has 5 heteroatoms. The van der Waals surface area contributed by atoms with Crippen LogP contribution < -0.4 is 14.8 Å². The van der Waals surface area contributed by atoms with Gasteiger partial charge in [-0.3, -0.25) is 4.79 Å². The first-order chi connectivity index (χ1) is 12.4. The number of rotatable bonds is 5. The van der Waals surface area contributed by atoms with Crippen LogP contribution in [0.15, 0.2) is 34.9 Å². The molecule has 0 unspecified atom stereocenters. The van der Waals surface area contributed by atoms with Gasteiger partial charge < -0.3 is 19.2 Å². The Balaban J connectivity index is 1.83. The van der Waals surface area contributed by atoms with Crippen molar-refractivity contribution in [1.82, 2.24) is 0 Å². The second-order valence-corrected chi connectivity index (χ2v) is 6.39. The summed E-state index contributed by atoms with van der Waals surface area (Å²) in [6.45, 7) is 5.98. The van der Waals surface area contributed by atoms with E-state index in [4.69, 9.17) is 13.9 Å². The maximum Gasteiger partial charge on any atom is 0.228 e. The number of fused-ring (bicyclic) bond motifs is 1. The Morgan fingerprint density at radius 1 is 1.04 bits per heavy atom. The second kappa shape index (κ2) is 7.12. The maximum atomic E-state index is 12.6. The predicted octanol–water partition coefficient (Wildman–Crippen LogP) is 4.56. The molecular formula is C21H23NO4. The van der Waals surface area contributed by atoms with Crippen molar-refractivity contribution in [2.24, 2.45) is 0 Å². The van der Waals surface area contributed by atoms with E-state index in [1.807, 2.05) is 39.0 Å². The molecule has 0 saturated heterocycles. The van der Waals surface area contributed by atoms with Gasteiger partial charge in [0.15, 0.2) is 11.5 Å². The molecule has 3 rings (SSSR count). The lowest BCUT2D eigenvalue weighted by atomic mass is 10.0. The summed E-state index contributed by atoms with van der Waals surface area (Å²) in [5.74, 6) is 1.10. The van der Waals surface area contributed by atoms with Crippen LogP contribution in [0.25, 0.3) is 11.0 Å². The van der Waals surface area contributed by atoms with Gasteiger partial charge in [-0.15, -0.1) is 0 Å². The van der Waals surface area contributed by atoms with Gasteiger partial charge in [0.2, 0.25) is 5.91 Å². The minimum atomic E-state index is -0.110. The van der Waals surface area contributed by atoms with Gasteiger partial charge in [0.25, 0.3) is 0 Å². The number of ether oxygens (including phenoxy) is 2. The number of carbonyl (C=O) groups is 1. The van der Waals surface area contributed by atoms with E-state index in [0.717, 1.165) is 27.7 Å². The highest BCUT2D eigenvalue weighted by Crippen LogP contribution is 2.33. The molecule has 0 aliphatic rings. The quantitative estimate of drug-likeness (QED) is 0.731. The van der Waals surface area contributed by atoms with E-state index >= 15 is 0 Å². The zero-order valence-electron chi connectivity index (χ0n) is 15.7. The highest BCUT2D eigenvalue weighted by Gasteiger charge is 2.15. The Bertz CT molecular complexity index is 972. The lowest BCUT2D eigenvalue weighted by Gasteiger charge is -2.13. The normalized spacial score (nSPS) is 10.8. The molecule has 3 aromatic rings. The number of methoxy groups -OCH3 is 2. The summed E-state index contributed by atoms with van der Waals surface area (Å²) >= 11 is 0. The molecule has 1 heterocycles. The molecule has 0 aliphatic heterocycles. The van der Waals surface area contributed by atoms with Crippen LogP contribution in [-0.4, -0.2) is 20.1 Å². The molecule has 0 saturated carbocycles. The van der Waals surface area contributed by atoms with Crippen LogP contribution in [0, 0.1) is 20.8 Å². The van der Waals surface area contributed by atoms with E-state index < -0.39 is 0 Å². The van der Waals surface area contributed by atoms with Crippen LogP contribution in [-0.2, 0) is 11.2 Å². The van der Waals surface area contributed by atoms with E-state index in [1.165, 1.54) is 5.56 Å². The third-order valence-electron chi connectivity index (χ3n) is 4.70. The summed E-state index contributed by atoms with van der Waals surface area (Å²) in [6.07, 6.45) is 1.90. The first-order valence-corrected chi connectivity index (χ1v) is 8.43. The number of hydrogen-bond donors (Lipinski definition) is 1. The number of carbonyl (C=O) groups excluding carboxylic acids is 1. The van der Waals surface area contributed by atoms with Crippen molar-refractivity contribution in [3.05, 3.63) is 52.8 Å². The first kappa shape index (κ1) is 17.9. The van der Waals surface area contributed by atoms with Crippen LogP contribution in [0.2, 0.25) is 0 Å². The molecule has 1 aromatic heterocycles. The monoisotopic (exact) mass is 353 g/mol. The number of amides is 1. The van der Waals surface area contributed by atoms with Gasteiger partial charge in [0.05, 0.1) is 26.9 Å². The molecule has 0 atom stereocenters. The average Bonchev–Trinajstić information content (AvgIpc) is 3.02. The molecule has 0 radical (unpaired) electrons. The summed E-state index contributed by atoms with van der Waals surface area (Å²) < 4.78 is 16.3. The van der Waals surface area contributed by atoms with Gasteiger partial charge in [0.1, 0.15) is 5.58 Å². The van der Waals surface area contributed by atoms with E-state index in [2.05, 4.69) is 5.32 Å². The summed E-state index contributed by atoms with van der Waals surface area (Å²) in [6, 6.07) is 7.67. The SMILES string of the molecule is COc1cc(C)c(NC(=O)Cc2coc3c(C)c(C)ccc23)cc1OC. The molecule has 26 heavy (non-hydrogen) atoms. The number of nitrogens with one attached hydrogen (secondary N) is 1. The molecule has 1 N–H and O–H groups in total. The number of aryl methyl sites for hydroxylation is 3. The molecule has 0 aliphatic carbocycles. The van der Waals surface area contributed by atoms with Crippen molar-refractivity contribution in [3.63, 3.8) is 0 Å². The third-order valence-corrected chi connectivity index (χ3v) is 4.70. The fraction of sp³-hybridized carbons (Fsp3) is 0.286. The molecular weight excluding hydrogens is 330 g/mol. The molecule has 0 bridgehead atoms. The number of anilines is 1. The second-order valence-electron chi connectivity index (χ2n) is 6.39. The Hall–Kier alpha value is -2.95. The fourth-order valence-electron chi connectivity index (χ4n) is 3.01. The Labute approximate surface area is 152 Å². The van der Waals surface area contributed by atoms with Crippen molar-refractivity contribution in [1.29, 1.82) is 0 Å². The number of benzene rings is 2. The fourth-order valence-corrected chi connectivity index (χ4v) is 3.01. The van der Waals surface area contributed by atoms with E-state index in [-0.39, 0.29) is 12.3 Å². The van der Waals surface area contributed by atoms with Gasteiger partial charge in [-0.05, 0) is 43.5 Å². The van der Waals surface area contributed by atoms with Gasteiger partial charge in [-0.25, -0.2) is 0 Å². The summed E-state index contributed by atoms with van der Waals surface area (Å²) in [7, 11) is 3.16. The minimum absolute atomic E-state index is 0.110. The molecule has 2 aromatic carbocycles. The standard InChI is InChI=1S/C21H23NO4/c1-12-6-7-16-15(11-26-21(16)14(12)3)9-20(23)22-17-10-19(25-5)18(24-4)8-13(17)2/h6-8,10-11H,9H2,1-5H3,(H,22,23). The predicted molar refractivity (Wildman–Crippen MR) is 102 cm³/mol. The zero-order chi connectivity index (χ0) is 18.8. The lowest BCUT2D eigenvalue weighted by molar-refractivity contribution is -0.115. The van der Waals surface area contributed by atoms with Crippen molar-refractivity contribution in [2.45, 2.75) is 27.2 Å². The summed E-state index contributed by atoms with van der Waals surface area (Å²) in [5.41, 5.74) is 5.59.